The maximum absolute atomic E-state index is 10.3. The smallest absolute Gasteiger partial charge is 0.178 e. The SMILES string of the molecule is CCN.O=C1C=CC(=O)C=C1. The lowest BCUT2D eigenvalue weighted by Gasteiger charge is -1.87. The molecule has 2 N–H and O–H groups in total. The Bertz CT molecular complexity index is 166. The third kappa shape index (κ3) is 5.24. The van der Waals surface area contributed by atoms with Gasteiger partial charge in [0.2, 0.25) is 0 Å². The zero-order chi connectivity index (χ0) is 8.69. The first-order valence-electron chi connectivity index (χ1n) is 3.34. The molecule has 1 aliphatic rings. The van der Waals surface area contributed by atoms with Crippen molar-refractivity contribution in [3.63, 3.8) is 0 Å². The van der Waals surface area contributed by atoms with Crippen LogP contribution in [0.3, 0.4) is 0 Å². The normalized spacial score (nSPS) is 14.4. The molecule has 0 radical (unpaired) electrons. The fraction of sp³-hybridized carbons (Fsp3) is 0.250. The van der Waals surface area contributed by atoms with E-state index in [1.165, 1.54) is 24.3 Å². The fourth-order valence-corrected chi connectivity index (χ4v) is 0.440. The second-order valence-corrected chi connectivity index (χ2v) is 1.88. The molecule has 0 aromatic carbocycles. The van der Waals surface area contributed by atoms with E-state index >= 15 is 0 Å². The number of allylic oxidation sites excluding steroid dienone is 4. The summed E-state index contributed by atoms with van der Waals surface area (Å²) in [5.74, 6) is -0.241. The number of carbonyl (C=O) groups is 2. The number of rotatable bonds is 0. The van der Waals surface area contributed by atoms with Gasteiger partial charge in [-0.3, -0.25) is 9.59 Å². The first-order valence-corrected chi connectivity index (χ1v) is 3.34. The van der Waals surface area contributed by atoms with Crippen molar-refractivity contribution in [2.75, 3.05) is 6.54 Å². The molecule has 0 aromatic heterocycles. The van der Waals surface area contributed by atoms with E-state index in [-0.39, 0.29) is 11.6 Å². The van der Waals surface area contributed by atoms with Gasteiger partial charge in [0, 0.05) is 0 Å². The van der Waals surface area contributed by atoms with E-state index in [1.807, 2.05) is 6.92 Å². The van der Waals surface area contributed by atoms with Crippen LogP contribution in [-0.2, 0) is 9.59 Å². The minimum atomic E-state index is -0.121. The van der Waals surface area contributed by atoms with E-state index in [0.717, 1.165) is 6.54 Å². The summed E-state index contributed by atoms with van der Waals surface area (Å²) in [4.78, 5) is 20.6. The summed E-state index contributed by atoms with van der Waals surface area (Å²) < 4.78 is 0. The lowest BCUT2D eigenvalue weighted by molar-refractivity contribution is -0.113. The van der Waals surface area contributed by atoms with Crippen molar-refractivity contribution < 1.29 is 9.59 Å². The number of hydrogen-bond acceptors (Lipinski definition) is 3. The molecule has 1 aliphatic carbocycles. The first kappa shape index (κ1) is 9.78. The highest BCUT2D eigenvalue weighted by Gasteiger charge is 1.97. The molecule has 0 aliphatic heterocycles. The molecule has 0 heterocycles. The largest absolute Gasteiger partial charge is 0.331 e. The van der Waals surface area contributed by atoms with Gasteiger partial charge in [0.25, 0.3) is 0 Å². The molecule has 0 spiro atoms. The summed E-state index contributed by atoms with van der Waals surface area (Å²) in [6, 6.07) is 0. The molecule has 11 heavy (non-hydrogen) atoms. The van der Waals surface area contributed by atoms with Gasteiger partial charge in [-0.25, -0.2) is 0 Å². The quantitative estimate of drug-likeness (QED) is 0.506. The number of carbonyl (C=O) groups excluding carboxylic acids is 2. The van der Waals surface area contributed by atoms with Crippen LogP contribution in [0.4, 0.5) is 0 Å². The summed E-state index contributed by atoms with van der Waals surface area (Å²) >= 11 is 0. The second kappa shape index (κ2) is 5.56. The van der Waals surface area contributed by atoms with Gasteiger partial charge in [0.05, 0.1) is 0 Å². The topological polar surface area (TPSA) is 60.2 Å². The highest BCUT2D eigenvalue weighted by molar-refractivity contribution is 6.14. The summed E-state index contributed by atoms with van der Waals surface area (Å²) in [7, 11) is 0. The maximum atomic E-state index is 10.3. The molecule has 0 fully saturated rings. The first-order chi connectivity index (χ1) is 5.20. The van der Waals surface area contributed by atoms with E-state index in [4.69, 9.17) is 5.73 Å². The van der Waals surface area contributed by atoms with Gasteiger partial charge < -0.3 is 5.73 Å². The monoisotopic (exact) mass is 153 g/mol. The number of hydrogen-bond donors (Lipinski definition) is 1. The molecule has 0 unspecified atom stereocenters. The molecule has 3 nitrogen and oxygen atoms in total. The zero-order valence-corrected chi connectivity index (χ0v) is 6.41. The summed E-state index contributed by atoms with van der Waals surface area (Å²) in [5, 5.41) is 0. The molecule has 60 valence electrons. The van der Waals surface area contributed by atoms with Crippen molar-refractivity contribution in [3.05, 3.63) is 24.3 Å². The predicted octanol–water partition coefficient (Wildman–Crippen LogP) is 0.216. The molecule has 0 saturated carbocycles. The minimum Gasteiger partial charge on any atom is -0.331 e. The number of ketones is 2. The lowest BCUT2D eigenvalue weighted by atomic mass is 10.2. The van der Waals surface area contributed by atoms with Crippen LogP contribution < -0.4 is 5.73 Å². The average Bonchev–Trinajstić information content (AvgIpc) is 1.97. The van der Waals surface area contributed by atoms with Crippen LogP contribution in [0.1, 0.15) is 6.92 Å². The van der Waals surface area contributed by atoms with Crippen LogP contribution in [0.5, 0.6) is 0 Å². The van der Waals surface area contributed by atoms with E-state index in [0.29, 0.717) is 0 Å². The summed E-state index contributed by atoms with van der Waals surface area (Å²) in [6.45, 7) is 2.65. The predicted molar refractivity (Wildman–Crippen MR) is 43.0 cm³/mol. The zero-order valence-electron chi connectivity index (χ0n) is 6.41. The molecular formula is C8H11NO2. The molecular weight excluding hydrogens is 142 g/mol. The van der Waals surface area contributed by atoms with Crippen molar-refractivity contribution in [1.29, 1.82) is 0 Å². The van der Waals surface area contributed by atoms with Crippen LogP contribution in [-0.4, -0.2) is 18.1 Å². The standard InChI is InChI=1S/C6H4O2.C2H7N/c7-5-1-2-6(8)4-3-5;1-2-3/h1-4H;2-3H2,1H3. The van der Waals surface area contributed by atoms with Crippen LogP contribution in [0.2, 0.25) is 0 Å². The van der Waals surface area contributed by atoms with Crippen LogP contribution in [0, 0.1) is 0 Å². The Labute approximate surface area is 65.6 Å². The van der Waals surface area contributed by atoms with Crippen LogP contribution in [0.15, 0.2) is 24.3 Å². The van der Waals surface area contributed by atoms with E-state index in [9.17, 15) is 9.59 Å². The fourth-order valence-electron chi connectivity index (χ4n) is 0.440. The Morgan fingerprint density at radius 2 is 1.27 bits per heavy atom. The van der Waals surface area contributed by atoms with Gasteiger partial charge in [-0.15, -0.1) is 0 Å². The minimum absolute atomic E-state index is 0.121. The Balaban J connectivity index is 0.000000292. The Morgan fingerprint density at radius 3 is 1.45 bits per heavy atom. The van der Waals surface area contributed by atoms with Crippen LogP contribution in [0.25, 0.3) is 0 Å². The van der Waals surface area contributed by atoms with Crippen molar-refractivity contribution >= 4 is 11.6 Å². The second-order valence-electron chi connectivity index (χ2n) is 1.88. The van der Waals surface area contributed by atoms with Gasteiger partial charge in [-0.05, 0) is 30.8 Å². The van der Waals surface area contributed by atoms with Crippen molar-refractivity contribution in [2.45, 2.75) is 6.92 Å². The molecule has 0 atom stereocenters. The van der Waals surface area contributed by atoms with Crippen molar-refractivity contribution in [1.82, 2.24) is 0 Å². The van der Waals surface area contributed by atoms with Gasteiger partial charge in [-0.2, -0.15) is 0 Å². The molecule has 3 heteroatoms. The average molecular weight is 153 g/mol. The maximum Gasteiger partial charge on any atom is 0.178 e. The molecule has 0 aromatic rings. The van der Waals surface area contributed by atoms with Crippen LogP contribution >= 0.6 is 0 Å². The van der Waals surface area contributed by atoms with Crippen molar-refractivity contribution in [2.24, 2.45) is 5.73 Å². The third-order valence-corrected chi connectivity index (χ3v) is 0.824. The van der Waals surface area contributed by atoms with E-state index < -0.39 is 0 Å². The van der Waals surface area contributed by atoms with E-state index in [1.54, 1.807) is 0 Å². The third-order valence-electron chi connectivity index (χ3n) is 0.824. The highest BCUT2D eigenvalue weighted by Crippen LogP contribution is 1.90. The van der Waals surface area contributed by atoms with Gasteiger partial charge in [0.1, 0.15) is 0 Å². The lowest BCUT2D eigenvalue weighted by Crippen LogP contribution is -1.97. The van der Waals surface area contributed by atoms with Crippen molar-refractivity contribution in [3.8, 4) is 0 Å². The van der Waals surface area contributed by atoms with E-state index in [2.05, 4.69) is 0 Å². The molecule has 0 saturated heterocycles. The Morgan fingerprint density at radius 1 is 1.09 bits per heavy atom. The highest BCUT2D eigenvalue weighted by atomic mass is 16.1. The Kier molecular flexibility index (Phi) is 4.94. The van der Waals surface area contributed by atoms with Gasteiger partial charge >= 0.3 is 0 Å². The summed E-state index contributed by atoms with van der Waals surface area (Å²) in [5.41, 5.74) is 4.85. The van der Waals surface area contributed by atoms with Gasteiger partial charge in [-0.1, -0.05) is 6.92 Å². The Hall–Kier alpha value is -1.22. The molecule has 0 amide bonds. The number of nitrogens with two attached hydrogens (primary N) is 1. The molecule has 0 bridgehead atoms. The molecule has 1 rings (SSSR count). The summed E-state index contributed by atoms with van der Waals surface area (Å²) in [6.07, 6.45) is 5.01. The van der Waals surface area contributed by atoms with Gasteiger partial charge in [0.15, 0.2) is 11.6 Å².